The molecule has 0 radical (unpaired) electrons. The summed E-state index contributed by atoms with van der Waals surface area (Å²) in [7, 11) is -0.519. The van der Waals surface area contributed by atoms with E-state index in [1.807, 2.05) is 0 Å². The van der Waals surface area contributed by atoms with Gasteiger partial charge >= 0.3 is 5.97 Å². The van der Waals surface area contributed by atoms with Crippen LogP contribution >= 0.6 is 23.4 Å². The highest BCUT2D eigenvalue weighted by molar-refractivity contribution is 8.00. The number of methoxy groups -OCH3 is 1. The summed E-state index contributed by atoms with van der Waals surface area (Å²) >= 11 is 7.54. The molecule has 1 unspecified atom stereocenters. The molecule has 0 aromatic heterocycles. The number of thioether (sulfide) groups is 1. The minimum atomic E-state index is -2.10. The summed E-state index contributed by atoms with van der Waals surface area (Å²) in [5.74, 6) is -0.0356. The van der Waals surface area contributed by atoms with Crippen molar-refractivity contribution < 1.29 is 28.3 Å². The quantitative estimate of drug-likeness (QED) is 0.221. The highest BCUT2D eigenvalue weighted by Gasteiger charge is 2.54. The molecule has 0 saturated carbocycles. The highest BCUT2D eigenvalue weighted by Crippen LogP contribution is 2.41. The number of nitrogens with zero attached hydrogens (tertiary/aromatic N) is 1. The first kappa shape index (κ1) is 27.6. The van der Waals surface area contributed by atoms with Crippen LogP contribution in [0.3, 0.4) is 0 Å². The van der Waals surface area contributed by atoms with Crippen LogP contribution in [-0.4, -0.2) is 67.8 Å². The third-order valence-corrected chi connectivity index (χ3v) is 12.8. The number of fused-ring (bicyclic) bond motifs is 1. The largest absolute Gasteiger partial charge is 0.497 e. The third-order valence-electron chi connectivity index (χ3n) is 6.62. The standard InChI is InChI=1S/C24H33ClN2O6SSi/c1-24(2,3)35(5,6)33-13-18(28)26-19-21(29)27-20(16(11-25)14-34-22(19)27)23(30)32-12-15-7-9-17(31-4)10-8-15/h7-10,19,22H,11-14H2,1-6H3,(H,26,28)/t19?,22-/m1/s1. The SMILES string of the molecule is COc1ccc(COC(=O)C2=C(CCl)CS[C@@H]3C(NC(=O)CO[Si](C)(C)C(C)(C)C)C(=O)N23)cc1. The summed E-state index contributed by atoms with van der Waals surface area (Å²) in [6.07, 6.45) is 0. The topological polar surface area (TPSA) is 94.2 Å². The molecule has 0 aliphatic carbocycles. The first-order chi connectivity index (χ1) is 16.4. The monoisotopic (exact) mass is 540 g/mol. The lowest BCUT2D eigenvalue weighted by molar-refractivity contribution is -0.153. The number of hydrogen-bond donors (Lipinski definition) is 1. The summed E-state index contributed by atoms with van der Waals surface area (Å²) in [5.41, 5.74) is 1.59. The molecule has 2 aliphatic heterocycles. The van der Waals surface area contributed by atoms with Gasteiger partial charge in [0, 0.05) is 11.6 Å². The maximum atomic E-state index is 13.0. The molecular formula is C24H33ClN2O6SSi. The second kappa shape index (κ2) is 10.9. The highest BCUT2D eigenvalue weighted by atomic mass is 35.5. The van der Waals surface area contributed by atoms with Gasteiger partial charge in [0.15, 0.2) is 8.32 Å². The molecule has 8 nitrogen and oxygen atoms in total. The van der Waals surface area contributed by atoms with Gasteiger partial charge in [-0.1, -0.05) is 32.9 Å². The number of carbonyl (C=O) groups excluding carboxylic acids is 3. The number of amides is 2. The van der Waals surface area contributed by atoms with Crippen molar-refractivity contribution in [3.05, 3.63) is 41.1 Å². The van der Waals surface area contributed by atoms with Gasteiger partial charge in [-0.2, -0.15) is 0 Å². The van der Waals surface area contributed by atoms with Gasteiger partial charge in [-0.3, -0.25) is 14.5 Å². The molecule has 192 valence electrons. The van der Waals surface area contributed by atoms with E-state index in [4.69, 9.17) is 25.5 Å². The third kappa shape index (κ3) is 6.04. The molecule has 2 amide bonds. The van der Waals surface area contributed by atoms with E-state index in [1.54, 1.807) is 31.4 Å². The molecule has 2 aliphatic rings. The summed E-state index contributed by atoms with van der Waals surface area (Å²) < 4.78 is 16.6. The van der Waals surface area contributed by atoms with E-state index in [9.17, 15) is 14.4 Å². The molecule has 11 heteroatoms. The molecule has 2 heterocycles. The van der Waals surface area contributed by atoms with Crippen LogP contribution in [-0.2, 0) is 30.2 Å². The van der Waals surface area contributed by atoms with Gasteiger partial charge in [-0.25, -0.2) is 4.79 Å². The molecular weight excluding hydrogens is 508 g/mol. The summed E-state index contributed by atoms with van der Waals surface area (Å²) in [6, 6.07) is 6.43. The molecule has 1 saturated heterocycles. The van der Waals surface area contributed by atoms with Crippen LogP contribution in [0.5, 0.6) is 5.75 Å². The molecule has 1 aromatic carbocycles. The first-order valence-corrected chi connectivity index (χ1v) is 15.8. The fourth-order valence-electron chi connectivity index (χ4n) is 3.39. The van der Waals surface area contributed by atoms with Crippen LogP contribution in [0, 0.1) is 0 Å². The number of hydrogen-bond acceptors (Lipinski definition) is 7. The average Bonchev–Trinajstić information content (AvgIpc) is 2.83. The van der Waals surface area contributed by atoms with Gasteiger partial charge < -0.3 is 19.2 Å². The number of esters is 1. The molecule has 3 rings (SSSR count). The second-order valence-electron chi connectivity index (χ2n) is 10.0. The van der Waals surface area contributed by atoms with Gasteiger partial charge in [0.25, 0.3) is 5.91 Å². The molecule has 35 heavy (non-hydrogen) atoms. The minimum absolute atomic E-state index is 0.0283. The van der Waals surface area contributed by atoms with Gasteiger partial charge in [-0.15, -0.1) is 23.4 Å². The van der Waals surface area contributed by atoms with Crippen molar-refractivity contribution in [1.29, 1.82) is 0 Å². The van der Waals surface area contributed by atoms with Crippen LogP contribution in [0.15, 0.2) is 35.5 Å². The lowest BCUT2D eigenvalue weighted by Crippen LogP contribution is -2.71. The molecule has 1 aromatic rings. The minimum Gasteiger partial charge on any atom is -0.497 e. The van der Waals surface area contributed by atoms with Crippen LogP contribution < -0.4 is 10.1 Å². The van der Waals surface area contributed by atoms with Crippen molar-refractivity contribution in [2.75, 3.05) is 25.3 Å². The van der Waals surface area contributed by atoms with E-state index in [0.29, 0.717) is 17.1 Å². The van der Waals surface area contributed by atoms with E-state index in [-0.39, 0.29) is 41.6 Å². The maximum absolute atomic E-state index is 13.0. The number of alkyl halides is 1. The number of benzene rings is 1. The molecule has 0 bridgehead atoms. The van der Waals surface area contributed by atoms with Crippen molar-refractivity contribution in [2.45, 2.75) is 56.9 Å². The Morgan fingerprint density at radius 2 is 1.89 bits per heavy atom. The Hall–Kier alpha value is -2.01. The number of β-lactam (4-membered cyclic amide) rings is 1. The van der Waals surface area contributed by atoms with E-state index in [0.717, 1.165) is 5.56 Å². The zero-order valence-corrected chi connectivity index (χ0v) is 23.5. The molecule has 0 spiro atoms. The normalized spacial score (nSPS) is 20.2. The first-order valence-electron chi connectivity index (χ1n) is 11.4. The maximum Gasteiger partial charge on any atom is 0.355 e. The van der Waals surface area contributed by atoms with Crippen LogP contribution in [0.4, 0.5) is 0 Å². The Balaban J connectivity index is 1.62. The molecule has 2 atom stereocenters. The van der Waals surface area contributed by atoms with Crippen LogP contribution in [0.2, 0.25) is 18.1 Å². The predicted octanol–water partition coefficient (Wildman–Crippen LogP) is 3.65. The fraction of sp³-hybridized carbons (Fsp3) is 0.542. The van der Waals surface area contributed by atoms with Crippen molar-refractivity contribution >= 4 is 49.5 Å². The lowest BCUT2D eigenvalue weighted by atomic mass is 10.0. The Bertz CT molecular complexity index is 1010. The second-order valence-corrected chi connectivity index (χ2v) is 16.2. The molecule has 1 N–H and O–H groups in total. The Kier molecular flexibility index (Phi) is 8.62. The summed E-state index contributed by atoms with van der Waals surface area (Å²) in [5, 5.41) is 2.36. The molecule has 1 fully saturated rings. The summed E-state index contributed by atoms with van der Waals surface area (Å²) in [4.78, 5) is 39.9. The fourth-order valence-corrected chi connectivity index (χ4v) is 6.00. The number of ether oxygens (including phenoxy) is 2. The van der Waals surface area contributed by atoms with Crippen LogP contribution in [0.1, 0.15) is 26.3 Å². The van der Waals surface area contributed by atoms with Crippen molar-refractivity contribution in [3.63, 3.8) is 0 Å². The number of halogens is 1. The average molecular weight is 541 g/mol. The van der Waals surface area contributed by atoms with Gasteiger partial charge in [0.2, 0.25) is 5.91 Å². The predicted molar refractivity (Wildman–Crippen MR) is 139 cm³/mol. The van der Waals surface area contributed by atoms with Gasteiger partial charge in [0.1, 0.15) is 36.1 Å². The smallest absolute Gasteiger partial charge is 0.355 e. The van der Waals surface area contributed by atoms with Gasteiger partial charge in [0.05, 0.1) is 7.11 Å². The summed E-state index contributed by atoms with van der Waals surface area (Å²) in [6.45, 7) is 10.4. The number of rotatable bonds is 9. The zero-order valence-electron chi connectivity index (χ0n) is 21.0. The van der Waals surface area contributed by atoms with E-state index in [2.05, 4.69) is 39.2 Å². The lowest BCUT2D eigenvalue weighted by Gasteiger charge is -2.49. The van der Waals surface area contributed by atoms with Crippen molar-refractivity contribution in [2.24, 2.45) is 0 Å². The van der Waals surface area contributed by atoms with E-state index >= 15 is 0 Å². The number of nitrogens with one attached hydrogen (secondary N) is 1. The Morgan fingerprint density at radius 1 is 1.23 bits per heavy atom. The van der Waals surface area contributed by atoms with E-state index in [1.165, 1.54) is 16.7 Å². The van der Waals surface area contributed by atoms with Crippen LogP contribution in [0.25, 0.3) is 0 Å². The van der Waals surface area contributed by atoms with Crippen molar-refractivity contribution in [1.82, 2.24) is 10.2 Å². The van der Waals surface area contributed by atoms with Crippen molar-refractivity contribution in [3.8, 4) is 5.75 Å². The Morgan fingerprint density at radius 3 is 2.46 bits per heavy atom. The van der Waals surface area contributed by atoms with E-state index < -0.39 is 25.7 Å². The Labute approximate surface area is 216 Å². The van der Waals surface area contributed by atoms with Gasteiger partial charge in [-0.05, 0) is 41.4 Å². The zero-order chi connectivity index (χ0) is 26.0. The number of carbonyl (C=O) groups is 3.